The Bertz CT molecular complexity index is 657. The number of phenolic OH excluding ortho intramolecular Hbond substituents is 1. The first-order valence-electron chi connectivity index (χ1n) is 6.11. The first-order valence-corrected chi connectivity index (χ1v) is 6.11. The van der Waals surface area contributed by atoms with Gasteiger partial charge in [-0.1, -0.05) is 0 Å². The minimum Gasteiger partial charge on any atom is -0.508 e. The van der Waals surface area contributed by atoms with Crippen LogP contribution in [-0.4, -0.2) is 16.3 Å². The number of aliphatic hydroxyl groups is 1. The summed E-state index contributed by atoms with van der Waals surface area (Å²) in [6, 6.07) is 4.81. The Morgan fingerprint density at radius 2 is 1.89 bits per heavy atom. The second-order valence-corrected chi connectivity index (χ2v) is 4.76. The van der Waals surface area contributed by atoms with Crippen molar-refractivity contribution in [2.45, 2.75) is 31.8 Å². The van der Waals surface area contributed by atoms with E-state index >= 15 is 0 Å². The maximum atomic E-state index is 11.9. The van der Waals surface area contributed by atoms with Crippen molar-refractivity contribution < 1.29 is 14.6 Å². The summed E-state index contributed by atoms with van der Waals surface area (Å²) in [5.41, 5.74) is 1.69. The van der Waals surface area contributed by atoms with E-state index in [4.69, 9.17) is 4.42 Å². The standard InChI is InChI=1S/C14H14O4/c15-8-1-4-10-11-5-3-9(16)7-13(11)18-14(17)12(10)6-2-8/h3,5,7-8,15-16H,1-2,4,6H2. The van der Waals surface area contributed by atoms with Gasteiger partial charge in [-0.05, 0) is 43.4 Å². The third-order valence-corrected chi connectivity index (χ3v) is 3.56. The molecule has 94 valence electrons. The van der Waals surface area contributed by atoms with E-state index in [9.17, 15) is 15.0 Å². The average molecular weight is 246 g/mol. The number of aliphatic hydroxyl groups excluding tert-OH is 1. The molecule has 0 fully saturated rings. The Hall–Kier alpha value is -1.81. The van der Waals surface area contributed by atoms with Crippen LogP contribution in [0.5, 0.6) is 5.75 Å². The summed E-state index contributed by atoms with van der Waals surface area (Å²) in [4.78, 5) is 11.9. The zero-order chi connectivity index (χ0) is 12.7. The molecular weight excluding hydrogens is 232 g/mol. The van der Waals surface area contributed by atoms with Crippen molar-refractivity contribution >= 4 is 11.0 Å². The fraction of sp³-hybridized carbons (Fsp3) is 0.357. The smallest absolute Gasteiger partial charge is 0.339 e. The zero-order valence-corrected chi connectivity index (χ0v) is 9.85. The van der Waals surface area contributed by atoms with Gasteiger partial charge in [0.25, 0.3) is 0 Å². The SMILES string of the molecule is O=c1oc2cc(O)ccc2c2c1CCC(O)CC2. The molecule has 1 heterocycles. The number of benzene rings is 1. The maximum absolute atomic E-state index is 11.9. The van der Waals surface area contributed by atoms with Gasteiger partial charge in [0, 0.05) is 17.0 Å². The molecule has 2 N–H and O–H groups in total. The first kappa shape index (κ1) is 11.3. The molecule has 0 saturated carbocycles. The van der Waals surface area contributed by atoms with Crippen molar-refractivity contribution in [1.82, 2.24) is 0 Å². The molecule has 3 rings (SSSR count). The number of fused-ring (bicyclic) bond motifs is 3. The fourth-order valence-electron chi connectivity index (χ4n) is 2.60. The van der Waals surface area contributed by atoms with Crippen LogP contribution in [0, 0.1) is 0 Å². The van der Waals surface area contributed by atoms with Crippen LogP contribution in [0.4, 0.5) is 0 Å². The van der Waals surface area contributed by atoms with Crippen LogP contribution >= 0.6 is 0 Å². The second-order valence-electron chi connectivity index (χ2n) is 4.76. The number of aromatic hydroxyl groups is 1. The van der Waals surface area contributed by atoms with Crippen molar-refractivity contribution in [3.8, 4) is 5.75 Å². The van der Waals surface area contributed by atoms with Crippen molar-refractivity contribution in [3.63, 3.8) is 0 Å². The molecule has 1 unspecified atom stereocenters. The quantitative estimate of drug-likeness (QED) is 0.548. The Morgan fingerprint density at radius 1 is 1.17 bits per heavy atom. The number of phenols is 1. The lowest BCUT2D eigenvalue weighted by atomic mass is 10.0. The van der Waals surface area contributed by atoms with Crippen LogP contribution < -0.4 is 5.63 Å². The van der Waals surface area contributed by atoms with Gasteiger partial charge in [0.15, 0.2) is 0 Å². The van der Waals surface area contributed by atoms with Gasteiger partial charge in [-0.2, -0.15) is 0 Å². The predicted octanol–water partition coefficient (Wildman–Crippen LogP) is 1.74. The number of aryl methyl sites for hydroxylation is 1. The minimum atomic E-state index is -0.357. The van der Waals surface area contributed by atoms with Gasteiger partial charge in [0.2, 0.25) is 0 Å². The van der Waals surface area contributed by atoms with Crippen LogP contribution in [0.3, 0.4) is 0 Å². The molecule has 18 heavy (non-hydrogen) atoms. The lowest BCUT2D eigenvalue weighted by Crippen LogP contribution is -2.11. The number of hydrogen-bond donors (Lipinski definition) is 2. The molecule has 0 amide bonds. The van der Waals surface area contributed by atoms with Gasteiger partial charge < -0.3 is 14.6 Å². The number of rotatable bonds is 0. The molecule has 4 nitrogen and oxygen atoms in total. The van der Waals surface area contributed by atoms with Crippen LogP contribution in [-0.2, 0) is 12.8 Å². The van der Waals surface area contributed by atoms with Crippen molar-refractivity contribution in [1.29, 1.82) is 0 Å². The van der Waals surface area contributed by atoms with E-state index in [1.54, 1.807) is 12.1 Å². The Labute approximate surface area is 103 Å². The summed E-state index contributed by atoms with van der Waals surface area (Å²) in [6.45, 7) is 0. The summed E-state index contributed by atoms with van der Waals surface area (Å²) in [7, 11) is 0. The van der Waals surface area contributed by atoms with Crippen molar-refractivity contribution in [3.05, 3.63) is 39.7 Å². The highest BCUT2D eigenvalue weighted by Gasteiger charge is 2.20. The van der Waals surface area contributed by atoms with Crippen molar-refractivity contribution in [2.75, 3.05) is 0 Å². The van der Waals surface area contributed by atoms with Gasteiger partial charge in [-0.25, -0.2) is 4.79 Å². The molecule has 1 atom stereocenters. The highest BCUT2D eigenvalue weighted by Crippen LogP contribution is 2.28. The zero-order valence-electron chi connectivity index (χ0n) is 9.85. The molecule has 0 radical (unpaired) electrons. The third-order valence-electron chi connectivity index (χ3n) is 3.56. The van der Waals surface area contributed by atoms with Gasteiger partial charge in [0.05, 0.1) is 6.10 Å². The van der Waals surface area contributed by atoms with Crippen LogP contribution in [0.1, 0.15) is 24.0 Å². The predicted molar refractivity (Wildman–Crippen MR) is 66.8 cm³/mol. The van der Waals surface area contributed by atoms with E-state index in [2.05, 4.69) is 0 Å². The van der Waals surface area contributed by atoms with Crippen LogP contribution in [0.15, 0.2) is 27.4 Å². The molecule has 0 bridgehead atoms. The minimum absolute atomic E-state index is 0.0826. The van der Waals surface area contributed by atoms with Crippen molar-refractivity contribution in [2.24, 2.45) is 0 Å². The van der Waals surface area contributed by atoms with Gasteiger partial charge in [-0.15, -0.1) is 0 Å². The van der Waals surface area contributed by atoms with E-state index in [0.29, 0.717) is 36.8 Å². The lowest BCUT2D eigenvalue weighted by molar-refractivity contribution is 0.158. The number of hydrogen-bond acceptors (Lipinski definition) is 4. The van der Waals surface area contributed by atoms with E-state index < -0.39 is 0 Å². The molecular formula is C14H14O4. The average Bonchev–Trinajstić information content (AvgIpc) is 2.52. The first-order chi connectivity index (χ1) is 8.65. The monoisotopic (exact) mass is 246 g/mol. The molecule has 1 aliphatic rings. The summed E-state index contributed by atoms with van der Waals surface area (Å²) in [5, 5.41) is 20.0. The molecule has 4 heteroatoms. The molecule has 1 aromatic carbocycles. The van der Waals surface area contributed by atoms with E-state index in [0.717, 1.165) is 10.9 Å². The summed E-state index contributed by atoms with van der Waals surface area (Å²) < 4.78 is 5.23. The summed E-state index contributed by atoms with van der Waals surface area (Å²) in [5.74, 6) is 0.0826. The molecule has 1 aliphatic carbocycles. The molecule has 0 spiro atoms. The Morgan fingerprint density at radius 3 is 2.67 bits per heavy atom. The fourth-order valence-corrected chi connectivity index (χ4v) is 2.60. The Kier molecular flexibility index (Phi) is 2.59. The van der Waals surface area contributed by atoms with Gasteiger partial charge in [-0.3, -0.25) is 0 Å². The van der Waals surface area contributed by atoms with Gasteiger partial charge in [0.1, 0.15) is 11.3 Å². The highest BCUT2D eigenvalue weighted by molar-refractivity contribution is 5.82. The molecule has 2 aromatic rings. The lowest BCUT2D eigenvalue weighted by Gasteiger charge is -2.08. The highest BCUT2D eigenvalue weighted by atomic mass is 16.4. The molecule has 0 aliphatic heterocycles. The molecule has 0 saturated heterocycles. The maximum Gasteiger partial charge on any atom is 0.339 e. The topological polar surface area (TPSA) is 70.7 Å². The third kappa shape index (κ3) is 1.78. The summed E-state index contributed by atoms with van der Waals surface area (Å²) in [6.07, 6.45) is 2.12. The van der Waals surface area contributed by atoms with Crippen LogP contribution in [0.2, 0.25) is 0 Å². The van der Waals surface area contributed by atoms with Crippen LogP contribution in [0.25, 0.3) is 11.0 Å². The van der Waals surface area contributed by atoms with E-state index in [1.165, 1.54) is 6.07 Å². The normalized spacial score (nSPS) is 19.5. The summed E-state index contributed by atoms with van der Waals surface area (Å²) >= 11 is 0. The molecule has 1 aromatic heterocycles. The Balaban J connectivity index is 2.29. The van der Waals surface area contributed by atoms with E-state index in [1.807, 2.05) is 0 Å². The second kappa shape index (κ2) is 4.14. The van der Waals surface area contributed by atoms with Gasteiger partial charge >= 0.3 is 5.63 Å². The largest absolute Gasteiger partial charge is 0.508 e. The van der Waals surface area contributed by atoms with E-state index in [-0.39, 0.29) is 17.5 Å².